The molecule has 30 heavy (non-hydrogen) atoms. The van der Waals surface area contributed by atoms with Gasteiger partial charge in [-0.3, -0.25) is 10.2 Å². The van der Waals surface area contributed by atoms with E-state index in [0.717, 1.165) is 24.0 Å². The molecular formula is C23H27N5O2. The first-order chi connectivity index (χ1) is 14.6. The van der Waals surface area contributed by atoms with Crippen molar-refractivity contribution in [2.75, 3.05) is 13.1 Å². The zero-order valence-corrected chi connectivity index (χ0v) is 17.0. The smallest absolute Gasteiger partial charge is 0.289 e. The van der Waals surface area contributed by atoms with Gasteiger partial charge in [0.1, 0.15) is 0 Å². The number of rotatable bonds is 9. The van der Waals surface area contributed by atoms with Crippen molar-refractivity contribution in [3.8, 4) is 0 Å². The third-order valence-corrected chi connectivity index (χ3v) is 4.74. The number of guanidine groups is 1. The fourth-order valence-corrected chi connectivity index (χ4v) is 3.28. The second-order valence-electron chi connectivity index (χ2n) is 7.02. The molecule has 2 aromatic carbocycles. The van der Waals surface area contributed by atoms with Crippen molar-refractivity contribution in [2.45, 2.75) is 25.7 Å². The van der Waals surface area contributed by atoms with Crippen LogP contribution in [0.15, 0.2) is 65.1 Å². The molecule has 0 aliphatic heterocycles. The van der Waals surface area contributed by atoms with E-state index in [2.05, 4.69) is 15.6 Å². The van der Waals surface area contributed by atoms with E-state index in [-0.39, 0.29) is 23.5 Å². The Kier molecular flexibility index (Phi) is 7.21. The van der Waals surface area contributed by atoms with Crippen molar-refractivity contribution in [3.05, 3.63) is 89.1 Å². The van der Waals surface area contributed by atoms with Crippen LogP contribution in [0.4, 0.5) is 0 Å². The Morgan fingerprint density at radius 2 is 1.53 bits per heavy atom. The molecule has 0 saturated carbocycles. The largest absolute Gasteiger partial charge is 0.434 e. The third kappa shape index (κ3) is 5.47. The molecule has 0 fully saturated rings. The van der Waals surface area contributed by atoms with Gasteiger partial charge >= 0.3 is 0 Å². The first kappa shape index (κ1) is 21.1. The highest BCUT2D eigenvalue weighted by Crippen LogP contribution is 2.32. The highest BCUT2D eigenvalue weighted by molar-refractivity contribution is 5.92. The molecule has 0 unspecified atom stereocenters. The van der Waals surface area contributed by atoms with Gasteiger partial charge in [-0.15, -0.1) is 0 Å². The summed E-state index contributed by atoms with van der Waals surface area (Å²) in [5.74, 6) is 0.232. The van der Waals surface area contributed by atoms with E-state index in [4.69, 9.17) is 15.6 Å². The van der Waals surface area contributed by atoms with E-state index in [1.807, 2.05) is 60.7 Å². The number of oxazole rings is 1. The molecule has 0 saturated heterocycles. The van der Waals surface area contributed by atoms with Crippen LogP contribution in [-0.4, -0.2) is 29.9 Å². The predicted molar refractivity (Wildman–Crippen MR) is 117 cm³/mol. The lowest BCUT2D eigenvalue weighted by Gasteiger charge is -2.14. The second kappa shape index (κ2) is 10.2. The molecule has 0 spiro atoms. The molecular weight excluding hydrogens is 378 g/mol. The minimum atomic E-state index is -0.273. The monoisotopic (exact) mass is 405 g/mol. The SMILES string of the molecule is Cc1nc(C(c2ccccc2)c2ccccc2)oc1C(=O)NCCCCNC(=N)N. The molecule has 0 aliphatic rings. The summed E-state index contributed by atoms with van der Waals surface area (Å²) in [4.78, 5) is 17.2. The highest BCUT2D eigenvalue weighted by Gasteiger charge is 2.25. The zero-order valence-electron chi connectivity index (χ0n) is 17.0. The van der Waals surface area contributed by atoms with Crippen molar-refractivity contribution >= 4 is 11.9 Å². The summed E-state index contributed by atoms with van der Waals surface area (Å²) in [6, 6.07) is 20.0. The van der Waals surface area contributed by atoms with Crippen molar-refractivity contribution in [3.63, 3.8) is 0 Å². The number of aryl methyl sites for hydroxylation is 1. The van der Waals surface area contributed by atoms with Crippen LogP contribution in [-0.2, 0) is 0 Å². The summed E-state index contributed by atoms with van der Waals surface area (Å²) in [6.07, 6.45) is 1.56. The van der Waals surface area contributed by atoms with E-state index in [9.17, 15) is 4.79 Å². The van der Waals surface area contributed by atoms with E-state index in [0.29, 0.717) is 24.7 Å². The van der Waals surface area contributed by atoms with Crippen LogP contribution in [0.25, 0.3) is 0 Å². The Labute approximate surface area is 176 Å². The van der Waals surface area contributed by atoms with Crippen molar-refractivity contribution in [1.29, 1.82) is 5.41 Å². The summed E-state index contributed by atoms with van der Waals surface area (Å²) in [7, 11) is 0. The maximum absolute atomic E-state index is 12.6. The Morgan fingerprint density at radius 1 is 1.00 bits per heavy atom. The Hall–Kier alpha value is -3.61. The number of carbonyl (C=O) groups excluding carboxylic acids is 1. The number of hydrogen-bond donors (Lipinski definition) is 4. The topological polar surface area (TPSA) is 117 Å². The van der Waals surface area contributed by atoms with Gasteiger partial charge in [-0.2, -0.15) is 0 Å². The number of nitrogens with zero attached hydrogens (tertiary/aromatic N) is 1. The quantitative estimate of drug-likeness (QED) is 0.248. The van der Waals surface area contributed by atoms with Gasteiger partial charge in [0.2, 0.25) is 11.7 Å². The number of carbonyl (C=O) groups is 1. The number of benzene rings is 2. The average molecular weight is 406 g/mol. The minimum Gasteiger partial charge on any atom is -0.434 e. The molecule has 156 valence electrons. The Bertz CT molecular complexity index is 930. The predicted octanol–water partition coefficient (Wildman–Crippen LogP) is 3.16. The van der Waals surface area contributed by atoms with E-state index in [1.54, 1.807) is 6.92 Å². The average Bonchev–Trinajstić information content (AvgIpc) is 3.13. The van der Waals surface area contributed by atoms with Gasteiger partial charge in [0.15, 0.2) is 5.96 Å². The van der Waals surface area contributed by atoms with Gasteiger partial charge in [-0.1, -0.05) is 60.7 Å². The first-order valence-corrected chi connectivity index (χ1v) is 9.99. The molecule has 0 atom stereocenters. The maximum atomic E-state index is 12.6. The van der Waals surface area contributed by atoms with Crippen LogP contribution in [0.1, 0.15) is 52.0 Å². The summed E-state index contributed by atoms with van der Waals surface area (Å²) >= 11 is 0. The van der Waals surface area contributed by atoms with E-state index in [1.165, 1.54) is 0 Å². The summed E-state index contributed by atoms with van der Waals surface area (Å²) < 4.78 is 5.98. The van der Waals surface area contributed by atoms with E-state index < -0.39 is 0 Å². The molecule has 0 radical (unpaired) electrons. The molecule has 5 N–H and O–H groups in total. The summed E-state index contributed by atoms with van der Waals surface area (Å²) in [5.41, 5.74) is 7.91. The van der Waals surface area contributed by atoms with Crippen molar-refractivity contribution in [2.24, 2.45) is 5.73 Å². The molecule has 3 aromatic rings. The lowest BCUT2D eigenvalue weighted by Crippen LogP contribution is -2.31. The molecule has 1 amide bonds. The van der Waals surface area contributed by atoms with Gasteiger partial charge < -0.3 is 20.8 Å². The number of aromatic nitrogens is 1. The number of amides is 1. The van der Waals surface area contributed by atoms with Gasteiger partial charge in [-0.25, -0.2) is 4.98 Å². The fraction of sp³-hybridized carbons (Fsp3) is 0.261. The normalized spacial score (nSPS) is 10.7. The zero-order chi connectivity index (χ0) is 21.3. The van der Waals surface area contributed by atoms with Crippen LogP contribution in [0.3, 0.4) is 0 Å². The molecule has 3 rings (SSSR count). The lowest BCUT2D eigenvalue weighted by molar-refractivity contribution is 0.0922. The maximum Gasteiger partial charge on any atom is 0.289 e. The second-order valence-corrected chi connectivity index (χ2v) is 7.02. The number of nitrogens with one attached hydrogen (secondary N) is 3. The van der Waals surface area contributed by atoms with Crippen LogP contribution in [0, 0.1) is 12.3 Å². The molecule has 7 heteroatoms. The molecule has 1 aromatic heterocycles. The number of unbranched alkanes of at least 4 members (excludes halogenated alkanes) is 1. The fourth-order valence-electron chi connectivity index (χ4n) is 3.28. The molecule has 0 aliphatic carbocycles. The van der Waals surface area contributed by atoms with Crippen molar-refractivity contribution < 1.29 is 9.21 Å². The molecule has 7 nitrogen and oxygen atoms in total. The molecule has 1 heterocycles. The van der Waals surface area contributed by atoms with Crippen LogP contribution >= 0.6 is 0 Å². The summed E-state index contributed by atoms with van der Waals surface area (Å²) in [6.45, 7) is 2.90. The van der Waals surface area contributed by atoms with Crippen LogP contribution < -0.4 is 16.4 Å². The standard InChI is InChI=1S/C23H27N5O2/c1-16-20(21(29)26-14-8-9-15-27-23(24)25)30-22(28-16)19(17-10-4-2-5-11-17)18-12-6-3-7-13-18/h2-7,10-13,19H,8-9,14-15H2,1H3,(H,26,29)(H4,24,25,27). The first-order valence-electron chi connectivity index (χ1n) is 9.99. The summed E-state index contributed by atoms with van der Waals surface area (Å²) in [5, 5.41) is 12.7. The van der Waals surface area contributed by atoms with Crippen LogP contribution in [0.5, 0.6) is 0 Å². The number of hydrogen-bond acceptors (Lipinski definition) is 4. The van der Waals surface area contributed by atoms with E-state index >= 15 is 0 Å². The van der Waals surface area contributed by atoms with Gasteiger partial charge in [0, 0.05) is 13.1 Å². The van der Waals surface area contributed by atoms with Crippen molar-refractivity contribution in [1.82, 2.24) is 15.6 Å². The minimum absolute atomic E-state index is 0.0461. The third-order valence-electron chi connectivity index (χ3n) is 4.74. The Morgan fingerprint density at radius 3 is 2.07 bits per heavy atom. The lowest BCUT2D eigenvalue weighted by atomic mass is 9.91. The Balaban J connectivity index is 1.73. The van der Waals surface area contributed by atoms with Crippen LogP contribution in [0.2, 0.25) is 0 Å². The molecule has 0 bridgehead atoms. The van der Waals surface area contributed by atoms with Gasteiger partial charge in [-0.05, 0) is 30.9 Å². The number of nitrogens with two attached hydrogens (primary N) is 1. The highest BCUT2D eigenvalue weighted by atomic mass is 16.4. The van der Waals surface area contributed by atoms with Gasteiger partial charge in [0.25, 0.3) is 5.91 Å². The van der Waals surface area contributed by atoms with Gasteiger partial charge in [0.05, 0.1) is 11.6 Å².